The van der Waals surface area contributed by atoms with Crippen LogP contribution in [0.4, 0.5) is 4.79 Å². The summed E-state index contributed by atoms with van der Waals surface area (Å²) in [6, 6.07) is 0. The summed E-state index contributed by atoms with van der Waals surface area (Å²) in [6.45, 7) is 21.5. The highest BCUT2D eigenvalue weighted by atomic mass is 16.8. The number of carbonyl (C=O) groups excluding carboxylic acids is 2. The highest BCUT2D eigenvalue weighted by Crippen LogP contribution is 2.56. The van der Waals surface area contributed by atoms with Crippen LogP contribution >= 0.6 is 0 Å². The maximum atomic E-state index is 14.5. The van der Waals surface area contributed by atoms with Crippen LogP contribution < -0.4 is 5.32 Å². The monoisotopic (exact) mass is 1150 g/mol. The molecule has 0 saturated carbocycles. The Hall–Kier alpha value is -2.64. The predicted molar refractivity (Wildman–Crippen MR) is 288 cm³/mol. The number of carbonyl (C=O) groups is 2. The van der Waals surface area contributed by atoms with Crippen molar-refractivity contribution in [2.24, 2.45) is 23.7 Å². The third kappa shape index (κ3) is 10.7. The van der Waals surface area contributed by atoms with Crippen LogP contribution in [0.5, 0.6) is 0 Å². The summed E-state index contributed by atoms with van der Waals surface area (Å²) in [4.78, 5) is 26.7. The molecule has 20 heteroatoms. The van der Waals surface area contributed by atoms with Crippen LogP contribution in [-0.4, -0.2) is 193 Å². The normalized spacial score (nSPS) is 54.3. The van der Waals surface area contributed by atoms with E-state index in [4.69, 9.17) is 71.1 Å². The summed E-state index contributed by atoms with van der Waals surface area (Å²) >= 11 is 0. The number of aliphatic hydroxyl groups is 2. The van der Waals surface area contributed by atoms with Crippen molar-refractivity contribution in [3.8, 4) is 0 Å². The number of ether oxygens (including phenoxy) is 15. The Morgan fingerprint density at radius 2 is 1.24 bits per heavy atom. The van der Waals surface area contributed by atoms with E-state index in [9.17, 15) is 19.8 Å². The van der Waals surface area contributed by atoms with Crippen molar-refractivity contribution in [1.29, 1.82) is 0 Å². The molecule has 3 N–H and O–H groups in total. The fraction of sp³-hybridized carbons (Fsp3) is 0.871. The summed E-state index contributed by atoms with van der Waals surface area (Å²) in [7, 11) is 0. The Kier molecular flexibility index (Phi) is 15.5. The average molecular weight is 1150 g/mol. The Balaban J connectivity index is 0.667. The largest absolute Gasteiger partial charge is 0.459 e. The molecule has 0 aromatic carbocycles. The van der Waals surface area contributed by atoms with Gasteiger partial charge in [0.05, 0.1) is 122 Å². The smallest absolute Gasteiger partial charge is 0.407 e. The van der Waals surface area contributed by atoms with E-state index < -0.39 is 84.5 Å². The number of aliphatic hydroxyl groups excluding tert-OH is 2. The lowest BCUT2D eigenvalue weighted by Gasteiger charge is -2.54. The first-order valence-electron chi connectivity index (χ1n) is 31.5. The van der Waals surface area contributed by atoms with E-state index in [1.54, 1.807) is 0 Å². The first-order valence-corrected chi connectivity index (χ1v) is 31.5. The summed E-state index contributed by atoms with van der Waals surface area (Å²) < 4.78 is 102. The number of hydrogen-bond donors (Lipinski definition) is 3. The van der Waals surface area contributed by atoms with Crippen LogP contribution in [0, 0.1) is 23.7 Å². The second-order valence-corrected chi connectivity index (χ2v) is 27.5. The highest BCUT2D eigenvalue weighted by molar-refractivity contribution is 5.70. The molecule has 14 rings (SSSR count). The van der Waals surface area contributed by atoms with Gasteiger partial charge in [-0.25, -0.2) is 4.79 Å². The van der Waals surface area contributed by atoms with Crippen LogP contribution in [0.3, 0.4) is 0 Å². The summed E-state index contributed by atoms with van der Waals surface area (Å²) in [5, 5.41) is 25.3. The van der Waals surface area contributed by atoms with E-state index in [0.717, 1.165) is 36.8 Å². The van der Waals surface area contributed by atoms with Crippen LogP contribution in [0.15, 0.2) is 37.0 Å². The SMILES string of the molecule is C=CCOC(=O)NC[C@H]1O[C@@H]2[C@H](C[C@H]1O)O[C@@]1(C[C@@H]2C)C[C@H](C)[C@@H]2O[C@]3(C[C@@H]2O1)C[C@H]1O[C@H]2[C@H](C)[C@H]4OC(=O)C[C@H]5CC[C@@H]6O[C@@H]7C[C@@H](O[C@@]8(CC[C@H]9CC(=C)[C@H](CC[C@H]%10C[C@@H](C)C(=C)[C@@H](C[C@@H]4O[C@H]2C[C@H]1O3)O%10)O9)C[C@@H](O)[C@@H]7O8)[C@H]6O5. The Labute approximate surface area is 481 Å². The lowest BCUT2D eigenvalue weighted by Crippen LogP contribution is -2.63. The minimum Gasteiger partial charge on any atom is -0.459 e. The maximum Gasteiger partial charge on any atom is 0.407 e. The van der Waals surface area contributed by atoms with E-state index in [1.807, 2.05) is 0 Å². The molecule has 3 spiro atoms. The van der Waals surface area contributed by atoms with Crippen molar-refractivity contribution in [2.75, 3.05) is 13.2 Å². The van der Waals surface area contributed by atoms with Gasteiger partial charge in [0.15, 0.2) is 17.4 Å². The number of fused-ring (bicyclic) bond motifs is 13. The van der Waals surface area contributed by atoms with Crippen LogP contribution in [0.2, 0.25) is 0 Å². The van der Waals surface area contributed by atoms with Gasteiger partial charge in [-0.2, -0.15) is 0 Å². The summed E-state index contributed by atoms with van der Waals surface area (Å²) in [6.07, 6.45) is 2.46. The quantitative estimate of drug-likeness (QED) is 0.214. The van der Waals surface area contributed by atoms with Gasteiger partial charge >= 0.3 is 12.1 Å². The third-order valence-corrected chi connectivity index (χ3v) is 21.6. The van der Waals surface area contributed by atoms with Gasteiger partial charge in [-0.3, -0.25) is 4.79 Å². The van der Waals surface area contributed by atoms with Crippen molar-refractivity contribution in [1.82, 2.24) is 5.32 Å². The van der Waals surface area contributed by atoms with E-state index in [-0.39, 0.29) is 129 Å². The number of hydrogen-bond acceptors (Lipinski definition) is 19. The van der Waals surface area contributed by atoms with Gasteiger partial charge in [-0.1, -0.05) is 53.5 Å². The predicted octanol–water partition coefficient (Wildman–Crippen LogP) is 6.08. The molecule has 0 radical (unpaired) electrons. The van der Waals surface area contributed by atoms with Crippen molar-refractivity contribution in [3.05, 3.63) is 37.0 Å². The van der Waals surface area contributed by atoms with E-state index >= 15 is 0 Å². The standard InChI is InChI=1S/C62H89NO19/c1-8-15-68-59(67)63-28-51-38(64)19-47-53(75-51)31(4)23-61(79-47)24-32(5)54-50(80-61)27-62(81-54)26-49-43(77-62)21-45-55(74-49)34(7)56-44(73-45)20-42-33(6)29(2)16-35(70-42)9-11-40-30(3)17-37(69-40)13-14-60-25-39(65)57(82-60)46-22-48(78-60)58-41(72-46)12-10-36(71-58)18-52(66)76-56/h8,29,31-32,34-51,53-58,64-65H,1,3,6,9-28H2,2,4-5,7H3,(H,63,67)/t29-,31+,32+,34+,35+,36-,37+,38-,39-,40+,41+,42-,43-,44+,45+,46-,47+,48-,49-,50+,51-,53+,54+,55+,56-,57+,58+,60-,61-,62+/m1/s1. The van der Waals surface area contributed by atoms with Crippen molar-refractivity contribution in [3.63, 3.8) is 0 Å². The van der Waals surface area contributed by atoms with Gasteiger partial charge in [-0.05, 0) is 73.8 Å². The first kappa shape index (κ1) is 57.1. The van der Waals surface area contributed by atoms with Gasteiger partial charge in [0.1, 0.15) is 31.0 Å². The van der Waals surface area contributed by atoms with Crippen LogP contribution in [0.25, 0.3) is 0 Å². The molecule has 82 heavy (non-hydrogen) atoms. The molecular weight excluding hydrogens is 1060 g/mol. The van der Waals surface area contributed by atoms with Crippen LogP contribution in [-0.2, 0) is 75.8 Å². The third-order valence-electron chi connectivity index (χ3n) is 21.6. The Bertz CT molecular complexity index is 2430. The molecular formula is C62H89NO19. The molecule has 0 aliphatic carbocycles. The Morgan fingerprint density at radius 1 is 0.573 bits per heavy atom. The molecule has 456 valence electrons. The zero-order chi connectivity index (χ0) is 56.6. The maximum absolute atomic E-state index is 14.5. The molecule has 30 atom stereocenters. The molecule has 1 amide bonds. The zero-order valence-corrected chi connectivity index (χ0v) is 48.3. The van der Waals surface area contributed by atoms with Gasteiger partial charge in [0, 0.05) is 76.7 Å². The number of amides is 1. The minimum atomic E-state index is -1.00. The Morgan fingerprint density at radius 3 is 2.09 bits per heavy atom. The molecule has 0 aromatic heterocycles. The molecule has 14 fully saturated rings. The van der Waals surface area contributed by atoms with Gasteiger partial charge in [0.2, 0.25) is 0 Å². The van der Waals surface area contributed by atoms with Crippen molar-refractivity contribution >= 4 is 12.1 Å². The molecule has 14 aliphatic rings. The van der Waals surface area contributed by atoms with Gasteiger partial charge in [-0.15, -0.1) is 0 Å². The summed E-state index contributed by atoms with van der Waals surface area (Å²) in [5.74, 6) is -3.14. The van der Waals surface area contributed by atoms with Gasteiger partial charge < -0.3 is 86.6 Å². The van der Waals surface area contributed by atoms with Crippen molar-refractivity contribution in [2.45, 2.75) is 301 Å². The molecule has 14 heterocycles. The highest BCUT2D eigenvalue weighted by Gasteiger charge is 2.66. The second kappa shape index (κ2) is 22.2. The number of esters is 1. The van der Waals surface area contributed by atoms with E-state index in [2.05, 4.69) is 52.7 Å². The fourth-order valence-electron chi connectivity index (χ4n) is 17.7. The fourth-order valence-corrected chi connectivity index (χ4v) is 17.7. The lowest BCUT2D eigenvalue weighted by atomic mass is 9.78. The second-order valence-electron chi connectivity index (χ2n) is 27.5. The first-order chi connectivity index (χ1) is 39.4. The lowest BCUT2D eigenvalue weighted by molar-refractivity contribution is -0.370. The molecule has 0 unspecified atom stereocenters. The zero-order valence-electron chi connectivity index (χ0n) is 48.3. The molecule has 14 saturated heterocycles. The van der Waals surface area contributed by atoms with E-state index in [1.165, 1.54) is 6.08 Å². The minimum absolute atomic E-state index is 0.0418. The van der Waals surface area contributed by atoms with Crippen LogP contribution in [0.1, 0.15) is 143 Å². The molecule has 14 aliphatic heterocycles. The van der Waals surface area contributed by atoms with Crippen molar-refractivity contribution < 1.29 is 90.9 Å². The topological polar surface area (TPSA) is 225 Å². The average Bonchev–Trinajstić information content (AvgIpc) is 2.89. The van der Waals surface area contributed by atoms with Gasteiger partial charge in [0.25, 0.3) is 0 Å². The molecule has 20 nitrogen and oxygen atoms in total. The molecule has 10 bridgehead atoms. The number of rotatable bonds is 4. The number of nitrogens with one attached hydrogen (secondary N) is 1. The molecule has 0 aromatic rings. The number of alkyl carbamates (subject to hydrolysis) is 1. The summed E-state index contributed by atoms with van der Waals surface area (Å²) in [5.41, 5.74) is 2.10. The van der Waals surface area contributed by atoms with E-state index in [0.29, 0.717) is 83.5 Å².